The Hall–Kier alpha value is -2.29. The van der Waals surface area contributed by atoms with Crippen LogP contribution in [0.15, 0.2) is 53.7 Å². The Balaban J connectivity index is 1.58. The number of fused-ring (bicyclic) bond motifs is 1. The highest BCUT2D eigenvalue weighted by molar-refractivity contribution is 7.89. The van der Waals surface area contributed by atoms with Gasteiger partial charge in [-0.15, -0.1) is 0 Å². The van der Waals surface area contributed by atoms with Crippen molar-refractivity contribution in [3.8, 4) is 0 Å². The third kappa shape index (κ3) is 3.68. The Morgan fingerprint density at radius 1 is 1.24 bits per heavy atom. The summed E-state index contributed by atoms with van der Waals surface area (Å²) in [5.74, 6) is -0.254. The van der Waals surface area contributed by atoms with E-state index in [-0.39, 0.29) is 29.2 Å². The molecule has 3 atom stereocenters. The largest absolute Gasteiger partial charge is 0.385 e. The van der Waals surface area contributed by atoms with Crippen LogP contribution < -0.4 is 5.32 Å². The molecule has 0 spiro atoms. The van der Waals surface area contributed by atoms with Gasteiger partial charge in [0.2, 0.25) is 15.9 Å². The predicted octanol–water partition coefficient (Wildman–Crippen LogP) is 2.35. The van der Waals surface area contributed by atoms with Crippen molar-refractivity contribution in [2.24, 2.45) is 11.8 Å². The van der Waals surface area contributed by atoms with Crippen molar-refractivity contribution in [3.05, 3.63) is 54.4 Å². The Morgan fingerprint density at radius 2 is 2.00 bits per heavy atom. The minimum atomic E-state index is -3.68. The van der Waals surface area contributed by atoms with E-state index < -0.39 is 15.6 Å². The molecule has 1 saturated heterocycles. The molecule has 1 aliphatic heterocycles. The van der Waals surface area contributed by atoms with Crippen LogP contribution in [-0.2, 0) is 20.4 Å². The molecule has 2 fully saturated rings. The summed E-state index contributed by atoms with van der Waals surface area (Å²) in [4.78, 5) is 15.5. The van der Waals surface area contributed by atoms with E-state index in [0.29, 0.717) is 18.7 Å². The van der Waals surface area contributed by atoms with Gasteiger partial charge in [0, 0.05) is 49.6 Å². The van der Waals surface area contributed by atoms with Crippen LogP contribution in [0.25, 0.3) is 0 Å². The fourth-order valence-corrected chi connectivity index (χ4v) is 6.24. The van der Waals surface area contributed by atoms with Crippen molar-refractivity contribution in [2.45, 2.75) is 36.7 Å². The number of rotatable bonds is 4. The number of anilines is 1. The van der Waals surface area contributed by atoms with Gasteiger partial charge in [-0.05, 0) is 55.5 Å². The number of pyridine rings is 1. The van der Waals surface area contributed by atoms with Crippen molar-refractivity contribution in [3.63, 3.8) is 0 Å². The van der Waals surface area contributed by atoms with Gasteiger partial charge in [-0.1, -0.05) is 6.07 Å². The van der Waals surface area contributed by atoms with Crippen LogP contribution in [0.5, 0.6) is 0 Å². The van der Waals surface area contributed by atoms with E-state index in [1.807, 2.05) is 6.07 Å². The molecule has 2 heterocycles. The van der Waals surface area contributed by atoms with E-state index in [9.17, 15) is 18.3 Å². The minimum Gasteiger partial charge on any atom is -0.385 e. The predicted molar refractivity (Wildman–Crippen MR) is 108 cm³/mol. The van der Waals surface area contributed by atoms with Crippen LogP contribution in [-0.4, -0.2) is 41.8 Å². The van der Waals surface area contributed by atoms with Gasteiger partial charge in [-0.2, -0.15) is 4.31 Å². The number of amides is 1. The summed E-state index contributed by atoms with van der Waals surface area (Å²) >= 11 is 0. The Morgan fingerprint density at radius 3 is 2.66 bits per heavy atom. The number of hydrogen-bond acceptors (Lipinski definition) is 5. The van der Waals surface area contributed by atoms with Crippen LogP contribution in [0, 0.1) is 11.8 Å². The number of nitrogens with one attached hydrogen (secondary N) is 1. The number of carbonyl (C=O) groups is 1. The van der Waals surface area contributed by atoms with Crippen LogP contribution in [0.3, 0.4) is 0 Å². The molecule has 0 bridgehead atoms. The highest BCUT2D eigenvalue weighted by Gasteiger charge is 2.52. The van der Waals surface area contributed by atoms with Crippen LogP contribution in [0.2, 0.25) is 0 Å². The molecule has 1 aliphatic carbocycles. The van der Waals surface area contributed by atoms with E-state index >= 15 is 0 Å². The Kier molecular flexibility index (Phi) is 5.18. The molecule has 1 aromatic heterocycles. The number of aromatic nitrogens is 1. The lowest BCUT2D eigenvalue weighted by atomic mass is 9.68. The van der Waals surface area contributed by atoms with E-state index in [2.05, 4.69) is 10.3 Å². The van der Waals surface area contributed by atoms with Crippen LogP contribution in [0.1, 0.15) is 31.7 Å². The average Bonchev–Trinajstić information content (AvgIpc) is 3.16. The second-order valence-corrected chi connectivity index (χ2v) is 9.89. The molecule has 2 N–H and O–H groups in total. The number of benzene rings is 1. The van der Waals surface area contributed by atoms with Crippen LogP contribution in [0.4, 0.5) is 5.69 Å². The van der Waals surface area contributed by atoms with E-state index in [1.54, 1.807) is 30.6 Å². The monoisotopic (exact) mass is 415 g/mol. The number of nitrogens with zero attached hydrogens (tertiary/aromatic N) is 2. The lowest BCUT2D eigenvalue weighted by Gasteiger charge is -2.41. The molecule has 4 rings (SSSR count). The maximum absolute atomic E-state index is 13.2. The topological polar surface area (TPSA) is 99.6 Å². The summed E-state index contributed by atoms with van der Waals surface area (Å²) in [6.45, 7) is 2.09. The molecule has 2 aromatic rings. The zero-order chi connectivity index (χ0) is 20.6. The Labute approximate surface area is 170 Å². The van der Waals surface area contributed by atoms with Gasteiger partial charge < -0.3 is 10.4 Å². The Bertz CT molecular complexity index is 994. The molecule has 1 aromatic carbocycles. The number of aliphatic hydroxyl groups is 1. The highest BCUT2D eigenvalue weighted by Crippen LogP contribution is 2.48. The fraction of sp³-hybridized carbons (Fsp3) is 0.429. The first kappa shape index (κ1) is 20.0. The van der Waals surface area contributed by atoms with Gasteiger partial charge >= 0.3 is 0 Å². The SMILES string of the molecule is CC(=O)Nc1ccc(S(=O)(=O)N2C[C@@H]3CCC[C@](O)(c4cccnc4)[C@H]3C2)cc1. The van der Waals surface area contributed by atoms with Crippen LogP contribution >= 0.6 is 0 Å². The minimum absolute atomic E-state index is 0.113. The zero-order valence-corrected chi connectivity index (χ0v) is 17.1. The summed E-state index contributed by atoms with van der Waals surface area (Å²) in [7, 11) is -3.68. The fourth-order valence-electron chi connectivity index (χ4n) is 4.72. The van der Waals surface area contributed by atoms with Gasteiger partial charge in [0.1, 0.15) is 0 Å². The lowest BCUT2D eigenvalue weighted by molar-refractivity contribution is -0.114. The van der Waals surface area contributed by atoms with Crippen molar-refractivity contribution in [1.82, 2.24) is 9.29 Å². The second kappa shape index (κ2) is 7.51. The molecule has 7 nitrogen and oxygen atoms in total. The summed E-state index contributed by atoms with van der Waals surface area (Å²) < 4.78 is 27.9. The van der Waals surface area contributed by atoms with Gasteiger partial charge in [0.15, 0.2) is 0 Å². The molecule has 1 amide bonds. The summed E-state index contributed by atoms with van der Waals surface area (Å²) in [6, 6.07) is 9.86. The van der Waals surface area contributed by atoms with Crippen molar-refractivity contribution in [1.29, 1.82) is 0 Å². The molecule has 0 unspecified atom stereocenters. The van der Waals surface area contributed by atoms with E-state index in [0.717, 1.165) is 18.4 Å². The first-order valence-corrected chi connectivity index (χ1v) is 11.3. The molecule has 0 radical (unpaired) electrons. The van der Waals surface area contributed by atoms with E-state index in [1.165, 1.54) is 23.4 Å². The number of sulfonamides is 1. The molecule has 2 aliphatic rings. The molecular weight excluding hydrogens is 390 g/mol. The maximum atomic E-state index is 13.2. The van der Waals surface area contributed by atoms with Gasteiger partial charge in [-0.3, -0.25) is 9.78 Å². The summed E-state index contributed by atoms with van der Waals surface area (Å²) in [5, 5.41) is 14.1. The first-order valence-electron chi connectivity index (χ1n) is 9.81. The summed E-state index contributed by atoms with van der Waals surface area (Å²) in [5.41, 5.74) is 0.252. The standard InChI is InChI=1S/C21H25N3O4S/c1-15(25)23-18-6-8-19(9-7-18)29(27,28)24-13-16-4-2-10-21(26,20(16)14-24)17-5-3-11-22-12-17/h3,5-9,11-12,16,20,26H,2,4,10,13-14H2,1H3,(H,23,25)/t16-,20-,21-/m0/s1. The maximum Gasteiger partial charge on any atom is 0.243 e. The van der Waals surface area contributed by atoms with Crippen molar-refractivity contribution < 1.29 is 18.3 Å². The second-order valence-electron chi connectivity index (χ2n) is 7.95. The van der Waals surface area contributed by atoms with E-state index in [4.69, 9.17) is 0 Å². The quantitative estimate of drug-likeness (QED) is 0.799. The molecule has 8 heteroatoms. The smallest absolute Gasteiger partial charge is 0.243 e. The van der Waals surface area contributed by atoms with Crippen molar-refractivity contribution >= 4 is 21.6 Å². The molecule has 154 valence electrons. The van der Waals surface area contributed by atoms with Crippen molar-refractivity contribution in [2.75, 3.05) is 18.4 Å². The normalized spacial score (nSPS) is 27.4. The molecule has 1 saturated carbocycles. The highest BCUT2D eigenvalue weighted by atomic mass is 32.2. The third-order valence-electron chi connectivity index (χ3n) is 6.13. The zero-order valence-electron chi connectivity index (χ0n) is 16.3. The van der Waals surface area contributed by atoms with Gasteiger partial charge in [0.05, 0.1) is 10.5 Å². The average molecular weight is 416 g/mol. The molecular formula is C21H25N3O4S. The third-order valence-corrected chi connectivity index (χ3v) is 7.97. The number of carbonyl (C=O) groups excluding carboxylic acids is 1. The molecule has 29 heavy (non-hydrogen) atoms. The summed E-state index contributed by atoms with van der Waals surface area (Å²) in [6.07, 6.45) is 5.72. The number of hydrogen-bond donors (Lipinski definition) is 2. The van der Waals surface area contributed by atoms with Gasteiger partial charge in [-0.25, -0.2) is 8.42 Å². The lowest BCUT2D eigenvalue weighted by Crippen LogP contribution is -2.43. The van der Waals surface area contributed by atoms with Gasteiger partial charge in [0.25, 0.3) is 0 Å². The first-order chi connectivity index (χ1) is 13.8.